The van der Waals surface area contributed by atoms with Crippen LogP contribution in [0.1, 0.15) is 23.7 Å². The molecule has 1 aromatic carbocycles. The molecule has 144 valence electrons. The zero-order valence-electron chi connectivity index (χ0n) is 15.3. The van der Waals surface area contributed by atoms with Crippen LogP contribution in [-0.2, 0) is 14.6 Å². The molecule has 0 bridgehead atoms. The maximum atomic E-state index is 11.9. The fourth-order valence-corrected chi connectivity index (χ4v) is 4.95. The van der Waals surface area contributed by atoms with Gasteiger partial charge in [-0.05, 0) is 25.5 Å². The predicted octanol–water partition coefficient (Wildman–Crippen LogP) is 2.02. The molecular weight excluding hydrogens is 368 g/mol. The smallest absolute Gasteiger partial charge is 0.339 e. The van der Waals surface area contributed by atoms with E-state index in [4.69, 9.17) is 4.74 Å². The molecule has 9 heteroatoms. The van der Waals surface area contributed by atoms with Gasteiger partial charge >= 0.3 is 5.97 Å². The van der Waals surface area contributed by atoms with Crippen molar-refractivity contribution in [2.75, 3.05) is 35.4 Å². The SMILES string of the molecule is CCN(c1cc(Nc2ccccc2C(=O)OC)ncn1)C1CCS(=O)(=O)C1. The Balaban J connectivity index is 1.85. The highest BCUT2D eigenvalue weighted by atomic mass is 32.2. The molecule has 0 saturated carbocycles. The van der Waals surface area contributed by atoms with E-state index in [1.807, 2.05) is 11.8 Å². The first-order chi connectivity index (χ1) is 12.9. The van der Waals surface area contributed by atoms with Gasteiger partial charge < -0.3 is 15.0 Å². The van der Waals surface area contributed by atoms with Gasteiger partial charge in [-0.2, -0.15) is 0 Å². The van der Waals surface area contributed by atoms with Crippen LogP contribution < -0.4 is 10.2 Å². The Bertz CT molecular complexity index is 932. The lowest BCUT2D eigenvalue weighted by atomic mass is 10.2. The number of nitrogens with zero attached hydrogens (tertiary/aromatic N) is 3. The number of methoxy groups -OCH3 is 1. The normalized spacial score (nSPS) is 18.1. The van der Waals surface area contributed by atoms with E-state index in [-0.39, 0.29) is 17.5 Å². The number of hydrogen-bond donors (Lipinski definition) is 1. The molecule has 0 aliphatic carbocycles. The second kappa shape index (κ2) is 7.91. The Kier molecular flexibility index (Phi) is 5.59. The molecule has 1 fully saturated rings. The summed E-state index contributed by atoms with van der Waals surface area (Å²) in [6.07, 6.45) is 2.01. The highest BCUT2D eigenvalue weighted by molar-refractivity contribution is 7.91. The third-order valence-electron chi connectivity index (χ3n) is 4.53. The number of benzene rings is 1. The van der Waals surface area contributed by atoms with Crippen molar-refractivity contribution in [3.05, 3.63) is 42.2 Å². The second-order valence-electron chi connectivity index (χ2n) is 6.27. The average Bonchev–Trinajstić information content (AvgIpc) is 3.02. The number of carbonyl (C=O) groups excluding carboxylic acids is 1. The second-order valence-corrected chi connectivity index (χ2v) is 8.50. The number of rotatable bonds is 6. The van der Waals surface area contributed by atoms with Gasteiger partial charge in [0.15, 0.2) is 9.84 Å². The van der Waals surface area contributed by atoms with Crippen molar-refractivity contribution in [2.45, 2.75) is 19.4 Å². The Morgan fingerprint density at radius 1 is 1.33 bits per heavy atom. The van der Waals surface area contributed by atoms with Gasteiger partial charge in [0.25, 0.3) is 0 Å². The summed E-state index contributed by atoms with van der Waals surface area (Å²) in [6.45, 7) is 2.60. The van der Waals surface area contributed by atoms with Crippen LogP contribution in [-0.4, -0.2) is 55.6 Å². The number of esters is 1. The number of hydrogen-bond acceptors (Lipinski definition) is 8. The van der Waals surface area contributed by atoms with Crippen LogP contribution in [0, 0.1) is 0 Å². The van der Waals surface area contributed by atoms with Crippen molar-refractivity contribution in [1.29, 1.82) is 0 Å². The van der Waals surface area contributed by atoms with Gasteiger partial charge in [0, 0.05) is 18.7 Å². The molecule has 0 spiro atoms. The zero-order chi connectivity index (χ0) is 19.4. The summed E-state index contributed by atoms with van der Waals surface area (Å²) in [7, 11) is -1.66. The quantitative estimate of drug-likeness (QED) is 0.748. The molecule has 0 radical (unpaired) electrons. The Labute approximate surface area is 158 Å². The maximum Gasteiger partial charge on any atom is 0.339 e. The van der Waals surface area contributed by atoms with Gasteiger partial charge in [-0.25, -0.2) is 23.2 Å². The maximum absolute atomic E-state index is 11.9. The minimum absolute atomic E-state index is 0.0925. The topological polar surface area (TPSA) is 101 Å². The highest BCUT2D eigenvalue weighted by Crippen LogP contribution is 2.26. The van der Waals surface area contributed by atoms with Gasteiger partial charge in [-0.3, -0.25) is 0 Å². The first-order valence-electron chi connectivity index (χ1n) is 8.67. The molecule has 3 rings (SSSR count). The zero-order valence-corrected chi connectivity index (χ0v) is 16.1. The molecule has 1 aromatic heterocycles. The number of ether oxygens (including phenoxy) is 1. The molecular formula is C18H22N4O4S. The van der Waals surface area contributed by atoms with E-state index in [9.17, 15) is 13.2 Å². The molecule has 1 atom stereocenters. The number of para-hydroxylation sites is 1. The number of carbonyl (C=O) groups is 1. The van der Waals surface area contributed by atoms with Crippen LogP contribution in [0.3, 0.4) is 0 Å². The fraction of sp³-hybridized carbons (Fsp3) is 0.389. The molecule has 1 unspecified atom stereocenters. The standard InChI is InChI=1S/C18H22N4O4S/c1-3-22(13-8-9-27(24,25)11-13)17-10-16(19-12-20-17)21-15-7-5-4-6-14(15)18(23)26-2/h4-7,10,12-13H,3,8-9,11H2,1-2H3,(H,19,20,21). The van der Waals surface area contributed by atoms with Crippen molar-refractivity contribution in [2.24, 2.45) is 0 Å². The molecule has 27 heavy (non-hydrogen) atoms. The fourth-order valence-electron chi connectivity index (χ4n) is 3.22. The average molecular weight is 390 g/mol. The predicted molar refractivity (Wildman–Crippen MR) is 103 cm³/mol. The lowest BCUT2D eigenvalue weighted by Gasteiger charge is -2.28. The molecule has 2 heterocycles. The Morgan fingerprint density at radius 2 is 2.11 bits per heavy atom. The molecule has 1 aliphatic rings. The highest BCUT2D eigenvalue weighted by Gasteiger charge is 2.32. The van der Waals surface area contributed by atoms with E-state index in [1.54, 1.807) is 30.3 Å². The lowest BCUT2D eigenvalue weighted by Crippen LogP contribution is -2.36. The minimum atomic E-state index is -2.99. The number of anilines is 3. The molecule has 1 saturated heterocycles. The van der Waals surface area contributed by atoms with E-state index in [0.29, 0.717) is 35.9 Å². The summed E-state index contributed by atoms with van der Waals surface area (Å²) in [4.78, 5) is 22.4. The molecule has 2 aromatic rings. The van der Waals surface area contributed by atoms with E-state index >= 15 is 0 Å². The van der Waals surface area contributed by atoms with E-state index < -0.39 is 15.8 Å². The van der Waals surface area contributed by atoms with E-state index in [1.165, 1.54) is 13.4 Å². The van der Waals surface area contributed by atoms with Crippen LogP contribution in [0.25, 0.3) is 0 Å². The Hall–Kier alpha value is -2.68. The first kappa shape index (κ1) is 19.1. The van der Waals surface area contributed by atoms with E-state index in [2.05, 4.69) is 15.3 Å². The van der Waals surface area contributed by atoms with E-state index in [0.717, 1.165) is 0 Å². The van der Waals surface area contributed by atoms with Crippen molar-refractivity contribution in [3.8, 4) is 0 Å². The minimum Gasteiger partial charge on any atom is -0.465 e. The van der Waals surface area contributed by atoms with Crippen LogP contribution >= 0.6 is 0 Å². The summed E-state index contributed by atoms with van der Waals surface area (Å²) in [5, 5.41) is 3.12. The summed E-state index contributed by atoms with van der Waals surface area (Å²) in [5.41, 5.74) is 0.967. The largest absolute Gasteiger partial charge is 0.465 e. The van der Waals surface area contributed by atoms with Crippen molar-refractivity contribution in [3.63, 3.8) is 0 Å². The molecule has 1 aliphatic heterocycles. The summed E-state index contributed by atoms with van der Waals surface area (Å²) >= 11 is 0. The van der Waals surface area contributed by atoms with Crippen molar-refractivity contribution in [1.82, 2.24) is 9.97 Å². The van der Waals surface area contributed by atoms with Crippen LogP contribution in [0.2, 0.25) is 0 Å². The Morgan fingerprint density at radius 3 is 2.78 bits per heavy atom. The van der Waals surface area contributed by atoms with Gasteiger partial charge in [0.05, 0.1) is 29.9 Å². The third kappa shape index (κ3) is 4.36. The van der Waals surface area contributed by atoms with Gasteiger partial charge in [-0.1, -0.05) is 12.1 Å². The van der Waals surface area contributed by atoms with Crippen molar-refractivity contribution >= 4 is 33.1 Å². The summed E-state index contributed by atoms with van der Waals surface area (Å²) < 4.78 is 28.4. The van der Waals surface area contributed by atoms with Crippen LogP contribution in [0.5, 0.6) is 0 Å². The summed E-state index contributed by atoms with van der Waals surface area (Å²) in [5.74, 6) is 1.05. The van der Waals surface area contributed by atoms with Gasteiger partial charge in [0.2, 0.25) is 0 Å². The number of aromatic nitrogens is 2. The lowest BCUT2D eigenvalue weighted by molar-refractivity contribution is 0.0602. The van der Waals surface area contributed by atoms with Gasteiger partial charge in [-0.15, -0.1) is 0 Å². The molecule has 1 N–H and O–H groups in total. The van der Waals surface area contributed by atoms with Crippen LogP contribution in [0.4, 0.5) is 17.3 Å². The molecule has 0 amide bonds. The van der Waals surface area contributed by atoms with Crippen LogP contribution in [0.15, 0.2) is 36.7 Å². The first-order valence-corrected chi connectivity index (χ1v) is 10.5. The van der Waals surface area contributed by atoms with Crippen molar-refractivity contribution < 1.29 is 17.9 Å². The monoisotopic (exact) mass is 390 g/mol. The molecule has 8 nitrogen and oxygen atoms in total. The van der Waals surface area contributed by atoms with Gasteiger partial charge in [0.1, 0.15) is 18.0 Å². The third-order valence-corrected chi connectivity index (χ3v) is 6.28. The number of sulfone groups is 1. The summed E-state index contributed by atoms with van der Waals surface area (Å²) in [6, 6.07) is 8.64. The number of nitrogens with one attached hydrogen (secondary N) is 1.